The quantitative estimate of drug-likeness (QED) is 0.0504. The Morgan fingerprint density at radius 1 is 0.560 bits per heavy atom. The van der Waals surface area contributed by atoms with Gasteiger partial charge in [0.1, 0.15) is 0 Å². The molecule has 280 valence electrons. The lowest BCUT2D eigenvalue weighted by Gasteiger charge is -2.16. The predicted molar refractivity (Wildman–Crippen MR) is 200 cm³/mol. The summed E-state index contributed by atoms with van der Waals surface area (Å²) >= 11 is 0. The van der Waals surface area contributed by atoms with Crippen LogP contribution in [0, 0.1) is 20.2 Å². The maximum Gasteiger partial charge on any atom is 0.311 e. The van der Waals surface area contributed by atoms with Crippen molar-refractivity contribution in [2.45, 2.75) is 167 Å². The normalized spacial score (nSPS) is 12.0. The standard InChI is InChI=1S/2C20H31NO4/c1-2-3-4-5-6-7-8-9-12-17(15-16-20(22)23)18-13-10-11-14-19(18)21(24)25;1-2-3-4-5-6-7-8-9-10-11-15-18(20(22)23)17-14-12-13-16-19(17)21(24)25/h10-11,13-14,17H,2-9,12,15-16H2,1H3,(H,22,23);12-14,16,18H,2-11,15H2,1H3,(H,22,23). The highest BCUT2D eigenvalue weighted by atomic mass is 16.6. The van der Waals surface area contributed by atoms with E-state index in [4.69, 9.17) is 5.11 Å². The van der Waals surface area contributed by atoms with E-state index in [1.54, 1.807) is 36.4 Å². The molecule has 0 aliphatic heterocycles. The number of nitro benzene ring substituents is 2. The molecule has 10 nitrogen and oxygen atoms in total. The fraction of sp³-hybridized carbons (Fsp3) is 0.650. The molecule has 0 bridgehead atoms. The molecule has 0 fully saturated rings. The van der Waals surface area contributed by atoms with Crippen molar-refractivity contribution in [1.82, 2.24) is 0 Å². The van der Waals surface area contributed by atoms with E-state index in [1.165, 1.54) is 95.6 Å². The van der Waals surface area contributed by atoms with E-state index >= 15 is 0 Å². The SMILES string of the molecule is CCCCCCCCCCC(CCC(=O)O)c1ccccc1[N+](=O)[O-].CCCCCCCCCCCCC(C(=O)O)c1ccccc1[N+](=O)[O-]. The highest BCUT2D eigenvalue weighted by Crippen LogP contribution is 2.34. The fourth-order valence-corrected chi connectivity index (χ4v) is 6.47. The average molecular weight is 699 g/mol. The van der Waals surface area contributed by atoms with E-state index in [0.717, 1.165) is 38.5 Å². The van der Waals surface area contributed by atoms with Crippen LogP contribution in [0.25, 0.3) is 0 Å². The van der Waals surface area contributed by atoms with Gasteiger partial charge in [-0.2, -0.15) is 0 Å². The minimum Gasteiger partial charge on any atom is -0.481 e. The summed E-state index contributed by atoms with van der Waals surface area (Å²) in [5.41, 5.74) is 1.01. The second-order valence-electron chi connectivity index (χ2n) is 13.4. The summed E-state index contributed by atoms with van der Waals surface area (Å²) in [5.74, 6) is -2.68. The number of carbonyl (C=O) groups is 2. The van der Waals surface area contributed by atoms with E-state index in [1.807, 2.05) is 0 Å². The van der Waals surface area contributed by atoms with Gasteiger partial charge in [-0.3, -0.25) is 29.8 Å². The predicted octanol–water partition coefficient (Wildman–Crippen LogP) is 12.1. The molecule has 0 radical (unpaired) electrons. The molecule has 2 aromatic carbocycles. The molecule has 2 atom stereocenters. The molecule has 0 aliphatic rings. The third kappa shape index (κ3) is 19.4. The number of nitrogens with zero attached hydrogens (tertiary/aromatic N) is 2. The van der Waals surface area contributed by atoms with Crippen LogP contribution < -0.4 is 0 Å². The van der Waals surface area contributed by atoms with Gasteiger partial charge in [-0.15, -0.1) is 0 Å². The number of hydrogen-bond acceptors (Lipinski definition) is 6. The average Bonchev–Trinajstić information content (AvgIpc) is 3.09. The first-order valence-electron chi connectivity index (χ1n) is 19.0. The van der Waals surface area contributed by atoms with E-state index < -0.39 is 22.8 Å². The maximum absolute atomic E-state index is 11.5. The summed E-state index contributed by atoms with van der Waals surface area (Å²) in [6.45, 7) is 4.43. The first-order valence-corrected chi connectivity index (χ1v) is 19.0. The Labute approximate surface area is 299 Å². The lowest BCUT2D eigenvalue weighted by molar-refractivity contribution is -0.385. The monoisotopic (exact) mass is 698 g/mol. The molecule has 50 heavy (non-hydrogen) atoms. The third-order valence-corrected chi connectivity index (χ3v) is 9.34. The number of carboxylic acids is 2. The fourth-order valence-electron chi connectivity index (χ4n) is 6.47. The molecule has 2 rings (SSSR count). The molecule has 2 aromatic rings. The molecular formula is C40H62N2O8. The van der Waals surface area contributed by atoms with Gasteiger partial charge >= 0.3 is 11.9 Å². The number of rotatable bonds is 28. The van der Waals surface area contributed by atoms with Gasteiger partial charge in [-0.1, -0.05) is 166 Å². The Balaban J connectivity index is 0.000000500. The van der Waals surface area contributed by atoms with Crippen LogP contribution >= 0.6 is 0 Å². The van der Waals surface area contributed by atoms with Gasteiger partial charge in [-0.05, 0) is 25.2 Å². The van der Waals surface area contributed by atoms with Crippen molar-refractivity contribution in [2.75, 3.05) is 0 Å². The topological polar surface area (TPSA) is 161 Å². The zero-order valence-electron chi connectivity index (χ0n) is 30.6. The second kappa shape index (κ2) is 27.9. The molecule has 0 aliphatic carbocycles. The van der Waals surface area contributed by atoms with Crippen LogP contribution in [0.15, 0.2) is 48.5 Å². The Bertz CT molecular complexity index is 1250. The van der Waals surface area contributed by atoms with Crippen molar-refractivity contribution in [2.24, 2.45) is 0 Å². The molecule has 2 N–H and O–H groups in total. The summed E-state index contributed by atoms with van der Waals surface area (Å²) in [6.07, 6.45) is 23.3. The van der Waals surface area contributed by atoms with Crippen molar-refractivity contribution >= 4 is 23.3 Å². The zero-order valence-corrected chi connectivity index (χ0v) is 30.6. The number of nitro groups is 2. The molecule has 2 unspecified atom stereocenters. The van der Waals surface area contributed by atoms with Crippen molar-refractivity contribution in [1.29, 1.82) is 0 Å². The van der Waals surface area contributed by atoms with Gasteiger partial charge < -0.3 is 10.2 Å². The number of unbranched alkanes of at least 4 members (excludes halogenated alkanes) is 16. The van der Waals surface area contributed by atoms with E-state index in [9.17, 15) is 34.9 Å². The molecule has 10 heteroatoms. The van der Waals surface area contributed by atoms with Gasteiger partial charge in [-0.25, -0.2) is 0 Å². The van der Waals surface area contributed by atoms with Crippen LogP contribution in [0.2, 0.25) is 0 Å². The molecule has 0 spiro atoms. The molecule has 0 amide bonds. The van der Waals surface area contributed by atoms with E-state index in [2.05, 4.69) is 13.8 Å². The Hall–Kier alpha value is -3.82. The third-order valence-electron chi connectivity index (χ3n) is 9.34. The number of carboxylic acid groups (broad SMARTS) is 2. The Morgan fingerprint density at radius 3 is 1.36 bits per heavy atom. The highest BCUT2D eigenvalue weighted by molar-refractivity contribution is 5.77. The number of hydrogen-bond donors (Lipinski definition) is 2. The van der Waals surface area contributed by atoms with Crippen LogP contribution in [-0.2, 0) is 9.59 Å². The summed E-state index contributed by atoms with van der Waals surface area (Å²) < 4.78 is 0. The second-order valence-corrected chi connectivity index (χ2v) is 13.4. The van der Waals surface area contributed by atoms with Crippen LogP contribution in [0.5, 0.6) is 0 Å². The van der Waals surface area contributed by atoms with Crippen LogP contribution in [0.3, 0.4) is 0 Å². The molecule has 0 heterocycles. The zero-order chi connectivity index (χ0) is 37.0. The largest absolute Gasteiger partial charge is 0.481 e. The van der Waals surface area contributed by atoms with E-state index in [0.29, 0.717) is 24.0 Å². The maximum atomic E-state index is 11.5. The highest BCUT2D eigenvalue weighted by Gasteiger charge is 2.27. The van der Waals surface area contributed by atoms with Crippen molar-refractivity contribution < 1.29 is 29.6 Å². The van der Waals surface area contributed by atoms with Gasteiger partial charge in [0.2, 0.25) is 0 Å². The number of benzene rings is 2. The van der Waals surface area contributed by atoms with Gasteiger partial charge in [0.15, 0.2) is 0 Å². The molecule has 0 saturated heterocycles. The van der Waals surface area contributed by atoms with Crippen molar-refractivity contribution in [3.63, 3.8) is 0 Å². The molecular weight excluding hydrogens is 636 g/mol. The summed E-state index contributed by atoms with van der Waals surface area (Å²) in [5, 5.41) is 40.8. The first kappa shape index (κ1) is 44.2. The summed E-state index contributed by atoms with van der Waals surface area (Å²) in [4.78, 5) is 44.0. The van der Waals surface area contributed by atoms with Crippen LogP contribution in [-0.4, -0.2) is 32.0 Å². The van der Waals surface area contributed by atoms with Crippen molar-refractivity contribution in [3.05, 3.63) is 79.9 Å². The number of aliphatic carboxylic acids is 2. The summed E-state index contributed by atoms with van der Waals surface area (Å²) in [6, 6.07) is 12.9. The van der Waals surface area contributed by atoms with E-state index in [-0.39, 0.29) is 28.6 Å². The Morgan fingerprint density at radius 2 is 0.940 bits per heavy atom. The number of para-hydroxylation sites is 2. The lowest BCUT2D eigenvalue weighted by Crippen LogP contribution is -2.13. The minimum absolute atomic E-state index is 0.0493. The van der Waals surface area contributed by atoms with Gasteiger partial charge in [0, 0.05) is 29.7 Å². The summed E-state index contributed by atoms with van der Waals surface area (Å²) in [7, 11) is 0. The van der Waals surface area contributed by atoms with Crippen molar-refractivity contribution in [3.8, 4) is 0 Å². The van der Waals surface area contributed by atoms with Crippen LogP contribution in [0.1, 0.15) is 178 Å². The Kier molecular flexibility index (Phi) is 24.7. The molecule has 0 aromatic heterocycles. The lowest BCUT2D eigenvalue weighted by atomic mass is 9.88. The van der Waals surface area contributed by atoms with Gasteiger partial charge in [0.25, 0.3) is 11.4 Å². The molecule has 0 saturated carbocycles. The van der Waals surface area contributed by atoms with Gasteiger partial charge in [0.05, 0.1) is 15.8 Å². The van der Waals surface area contributed by atoms with Crippen LogP contribution in [0.4, 0.5) is 11.4 Å². The smallest absolute Gasteiger partial charge is 0.311 e. The minimum atomic E-state index is -0.981. The first-order chi connectivity index (χ1) is 24.1.